The molecule has 7 nitrogen and oxygen atoms in total. The number of hydrogen-bond acceptors (Lipinski definition) is 7. The van der Waals surface area contributed by atoms with Gasteiger partial charge in [0.1, 0.15) is 17.5 Å². The van der Waals surface area contributed by atoms with Crippen molar-refractivity contribution in [2.75, 3.05) is 51.1 Å². The van der Waals surface area contributed by atoms with E-state index in [-0.39, 0.29) is 5.97 Å². The summed E-state index contributed by atoms with van der Waals surface area (Å²) >= 11 is 0. The summed E-state index contributed by atoms with van der Waals surface area (Å²) in [5.41, 5.74) is 3.06. The molecule has 1 N–H and O–H groups in total. The van der Waals surface area contributed by atoms with Crippen LogP contribution in [0.25, 0.3) is 0 Å². The summed E-state index contributed by atoms with van der Waals surface area (Å²) in [7, 11) is 5.55. The first-order valence-corrected chi connectivity index (χ1v) is 10.3. The van der Waals surface area contributed by atoms with E-state index < -0.39 is 0 Å². The zero-order valence-corrected chi connectivity index (χ0v) is 17.4. The third kappa shape index (κ3) is 4.67. The number of nitrogens with one attached hydrogen (secondary N) is 1. The summed E-state index contributed by atoms with van der Waals surface area (Å²) < 4.78 is 4.84. The Labute approximate surface area is 172 Å². The molecule has 0 atom stereocenters. The first-order valence-electron chi connectivity index (χ1n) is 10.3. The Kier molecular flexibility index (Phi) is 5.67. The van der Waals surface area contributed by atoms with Crippen LogP contribution in [0.4, 0.5) is 11.6 Å². The molecular weight excluding hydrogens is 366 g/mol. The summed E-state index contributed by atoms with van der Waals surface area (Å²) in [6.07, 6.45) is 3.24. The standard InChI is InChI=1S/C22H29N5O2/c1-26(2)11-9-23-19-13-20(25-21(24-19)15-4-5-15)27-10-8-16-12-17(22(28)29-3)6-7-18(16)14-27/h6-7,12-13,15H,4-5,8-11,14H2,1-3H3,(H,23,24,25). The van der Waals surface area contributed by atoms with Crippen LogP contribution < -0.4 is 10.2 Å². The number of ether oxygens (including phenoxy) is 1. The molecule has 1 saturated carbocycles. The molecule has 2 aromatic rings. The lowest BCUT2D eigenvalue weighted by Crippen LogP contribution is -2.31. The molecule has 2 aliphatic rings. The zero-order chi connectivity index (χ0) is 20.4. The van der Waals surface area contributed by atoms with E-state index in [0.717, 1.165) is 50.1 Å². The maximum atomic E-state index is 11.8. The van der Waals surface area contributed by atoms with E-state index in [0.29, 0.717) is 11.5 Å². The van der Waals surface area contributed by atoms with Gasteiger partial charge in [0.05, 0.1) is 12.7 Å². The van der Waals surface area contributed by atoms with Crippen LogP contribution in [0.2, 0.25) is 0 Å². The molecule has 0 amide bonds. The Morgan fingerprint density at radius 1 is 1.24 bits per heavy atom. The molecular formula is C22H29N5O2. The minimum Gasteiger partial charge on any atom is -0.465 e. The largest absolute Gasteiger partial charge is 0.465 e. The number of fused-ring (bicyclic) bond motifs is 1. The van der Waals surface area contributed by atoms with Gasteiger partial charge in [-0.15, -0.1) is 0 Å². The van der Waals surface area contributed by atoms with Crippen molar-refractivity contribution >= 4 is 17.6 Å². The summed E-state index contributed by atoms with van der Waals surface area (Å²) in [5, 5.41) is 3.45. The maximum absolute atomic E-state index is 11.8. The maximum Gasteiger partial charge on any atom is 0.337 e. The van der Waals surface area contributed by atoms with Gasteiger partial charge in [0.2, 0.25) is 0 Å². The first kappa shape index (κ1) is 19.6. The van der Waals surface area contributed by atoms with Gasteiger partial charge in [-0.1, -0.05) is 6.07 Å². The Morgan fingerprint density at radius 3 is 2.79 bits per heavy atom. The molecule has 0 unspecified atom stereocenters. The number of carbonyl (C=O) groups is 1. The monoisotopic (exact) mass is 395 g/mol. The van der Waals surface area contributed by atoms with E-state index in [1.165, 1.54) is 31.1 Å². The Hall–Kier alpha value is -2.67. The van der Waals surface area contributed by atoms with Crippen molar-refractivity contribution in [1.29, 1.82) is 0 Å². The van der Waals surface area contributed by atoms with Crippen molar-refractivity contribution in [2.45, 2.75) is 31.7 Å². The smallest absolute Gasteiger partial charge is 0.337 e. The second-order valence-corrected chi connectivity index (χ2v) is 8.12. The van der Waals surface area contributed by atoms with Gasteiger partial charge in [0.25, 0.3) is 0 Å². The molecule has 1 aliphatic carbocycles. The predicted molar refractivity (Wildman–Crippen MR) is 114 cm³/mol. The van der Waals surface area contributed by atoms with E-state index in [9.17, 15) is 4.79 Å². The number of likely N-dealkylation sites (N-methyl/N-ethyl adjacent to an activating group) is 1. The van der Waals surface area contributed by atoms with Gasteiger partial charge in [-0.2, -0.15) is 0 Å². The van der Waals surface area contributed by atoms with Gasteiger partial charge in [0, 0.05) is 38.2 Å². The average Bonchev–Trinajstić information content (AvgIpc) is 3.57. The molecule has 1 fully saturated rings. The summed E-state index contributed by atoms with van der Waals surface area (Å²) in [5.74, 6) is 3.07. The van der Waals surface area contributed by atoms with Gasteiger partial charge in [0.15, 0.2) is 0 Å². The SMILES string of the molecule is COC(=O)c1ccc2c(c1)CCN(c1cc(NCCN(C)C)nc(C3CC3)n1)C2. The Morgan fingerprint density at radius 2 is 2.07 bits per heavy atom. The molecule has 29 heavy (non-hydrogen) atoms. The molecule has 1 aromatic heterocycles. The molecule has 1 aliphatic heterocycles. The van der Waals surface area contributed by atoms with Crippen LogP contribution >= 0.6 is 0 Å². The van der Waals surface area contributed by atoms with Crippen LogP contribution in [0, 0.1) is 0 Å². The van der Waals surface area contributed by atoms with Crippen molar-refractivity contribution < 1.29 is 9.53 Å². The molecule has 0 radical (unpaired) electrons. The van der Waals surface area contributed by atoms with Crippen LogP contribution in [0.5, 0.6) is 0 Å². The van der Waals surface area contributed by atoms with Gasteiger partial charge < -0.3 is 19.9 Å². The van der Waals surface area contributed by atoms with Crippen LogP contribution in [-0.4, -0.2) is 61.7 Å². The number of aromatic nitrogens is 2. The van der Waals surface area contributed by atoms with Gasteiger partial charge in [-0.3, -0.25) is 0 Å². The van der Waals surface area contributed by atoms with Crippen LogP contribution in [0.3, 0.4) is 0 Å². The number of anilines is 2. The topological polar surface area (TPSA) is 70.6 Å². The molecule has 0 spiro atoms. The van der Waals surface area contributed by atoms with Crippen LogP contribution in [0.15, 0.2) is 24.3 Å². The van der Waals surface area contributed by atoms with Crippen LogP contribution in [0.1, 0.15) is 46.1 Å². The number of methoxy groups -OCH3 is 1. The molecule has 154 valence electrons. The number of rotatable bonds is 7. The Balaban J connectivity index is 1.53. The van der Waals surface area contributed by atoms with Crippen molar-refractivity contribution in [3.05, 3.63) is 46.8 Å². The van der Waals surface area contributed by atoms with Gasteiger partial charge in [-0.05, 0) is 56.6 Å². The van der Waals surface area contributed by atoms with E-state index >= 15 is 0 Å². The van der Waals surface area contributed by atoms with Crippen molar-refractivity contribution in [3.63, 3.8) is 0 Å². The van der Waals surface area contributed by atoms with Gasteiger partial charge >= 0.3 is 5.97 Å². The zero-order valence-electron chi connectivity index (χ0n) is 17.4. The van der Waals surface area contributed by atoms with E-state index in [2.05, 4.69) is 35.3 Å². The molecule has 0 bridgehead atoms. The summed E-state index contributed by atoms with van der Waals surface area (Å²) in [6, 6.07) is 7.91. The quantitative estimate of drug-likeness (QED) is 0.723. The lowest BCUT2D eigenvalue weighted by Gasteiger charge is -2.30. The second kappa shape index (κ2) is 8.37. The molecule has 0 saturated heterocycles. The lowest BCUT2D eigenvalue weighted by atomic mass is 9.97. The fourth-order valence-electron chi connectivity index (χ4n) is 3.63. The minimum absolute atomic E-state index is 0.284. The number of esters is 1. The van der Waals surface area contributed by atoms with Crippen LogP contribution in [-0.2, 0) is 17.7 Å². The third-order valence-corrected chi connectivity index (χ3v) is 5.50. The van der Waals surface area contributed by atoms with E-state index in [1.807, 2.05) is 18.2 Å². The van der Waals surface area contributed by atoms with Crippen molar-refractivity contribution in [1.82, 2.24) is 14.9 Å². The van der Waals surface area contributed by atoms with Crippen molar-refractivity contribution in [3.8, 4) is 0 Å². The highest BCUT2D eigenvalue weighted by Crippen LogP contribution is 2.39. The molecule has 4 rings (SSSR count). The summed E-state index contributed by atoms with van der Waals surface area (Å²) in [4.78, 5) is 25.9. The Bertz CT molecular complexity index is 895. The lowest BCUT2D eigenvalue weighted by molar-refractivity contribution is 0.0600. The molecule has 1 aromatic carbocycles. The third-order valence-electron chi connectivity index (χ3n) is 5.50. The number of benzene rings is 1. The van der Waals surface area contributed by atoms with E-state index in [1.54, 1.807) is 0 Å². The highest BCUT2D eigenvalue weighted by molar-refractivity contribution is 5.89. The highest BCUT2D eigenvalue weighted by atomic mass is 16.5. The second-order valence-electron chi connectivity index (χ2n) is 8.12. The molecule has 2 heterocycles. The molecule has 7 heteroatoms. The number of carbonyl (C=O) groups excluding carboxylic acids is 1. The normalized spacial score (nSPS) is 15.9. The number of nitrogens with zero attached hydrogens (tertiary/aromatic N) is 4. The van der Waals surface area contributed by atoms with E-state index in [4.69, 9.17) is 14.7 Å². The number of hydrogen-bond donors (Lipinski definition) is 1. The fourth-order valence-corrected chi connectivity index (χ4v) is 3.63. The minimum atomic E-state index is -0.284. The van der Waals surface area contributed by atoms with Gasteiger partial charge in [-0.25, -0.2) is 14.8 Å². The fraction of sp³-hybridized carbons (Fsp3) is 0.500. The average molecular weight is 396 g/mol. The highest BCUT2D eigenvalue weighted by Gasteiger charge is 2.28. The first-order chi connectivity index (χ1) is 14.0. The predicted octanol–water partition coefficient (Wildman–Crippen LogP) is 2.68. The summed E-state index contributed by atoms with van der Waals surface area (Å²) in [6.45, 7) is 3.47. The van der Waals surface area contributed by atoms with Crippen molar-refractivity contribution in [2.24, 2.45) is 0 Å².